The summed E-state index contributed by atoms with van der Waals surface area (Å²) in [6.07, 6.45) is 0. The molecule has 0 fully saturated rings. The third-order valence-corrected chi connectivity index (χ3v) is 2.20. The van der Waals surface area contributed by atoms with Crippen LogP contribution >= 0.6 is 11.6 Å². The molecule has 0 saturated carbocycles. The van der Waals surface area contributed by atoms with Gasteiger partial charge in [-0.2, -0.15) is 0 Å². The molecule has 17 heavy (non-hydrogen) atoms. The zero-order valence-corrected chi connectivity index (χ0v) is 9.22. The lowest BCUT2D eigenvalue weighted by Crippen LogP contribution is -1.95. The number of hydrogen-bond acceptors (Lipinski definition) is 6. The highest BCUT2D eigenvalue weighted by Crippen LogP contribution is 2.27. The van der Waals surface area contributed by atoms with Crippen LogP contribution in [0.4, 0.5) is 5.69 Å². The van der Waals surface area contributed by atoms with Crippen LogP contribution in [0.5, 0.6) is 0 Å². The summed E-state index contributed by atoms with van der Waals surface area (Å²) < 4.78 is 5.18. The minimum absolute atomic E-state index is 0.107. The summed E-state index contributed by atoms with van der Waals surface area (Å²) in [5.74, 6) is 0.402. The number of nitrogens with zero attached hydrogens (tertiary/aromatic N) is 3. The van der Waals surface area contributed by atoms with Crippen molar-refractivity contribution >= 4 is 17.3 Å². The minimum Gasteiger partial charge on any atom is -0.419 e. The van der Waals surface area contributed by atoms with Crippen molar-refractivity contribution in [3.63, 3.8) is 0 Å². The standard InChI is InChI=1S/C9H7ClN4O3/c10-6-1-5(2-7(3-6)14(15)16)9-13-12-8(4-11)17-9/h1-3H,4,11H2. The van der Waals surface area contributed by atoms with Crippen LogP contribution in [0.1, 0.15) is 5.89 Å². The Morgan fingerprint density at radius 1 is 1.41 bits per heavy atom. The highest BCUT2D eigenvalue weighted by molar-refractivity contribution is 6.31. The number of benzene rings is 1. The smallest absolute Gasteiger partial charge is 0.271 e. The molecule has 0 aliphatic heterocycles. The monoisotopic (exact) mass is 254 g/mol. The highest BCUT2D eigenvalue weighted by Gasteiger charge is 2.14. The van der Waals surface area contributed by atoms with E-state index in [2.05, 4.69) is 10.2 Å². The van der Waals surface area contributed by atoms with E-state index in [-0.39, 0.29) is 29.0 Å². The first-order chi connectivity index (χ1) is 8.10. The second kappa shape index (κ2) is 4.48. The Morgan fingerprint density at radius 2 is 2.18 bits per heavy atom. The number of halogens is 1. The fourth-order valence-electron chi connectivity index (χ4n) is 1.26. The molecule has 1 heterocycles. The van der Waals surface area contributed by atoms with E-state index in [1.165, 1.54) is 18.2 Å². The van der Waals surface area contributed by atoms with Gasteiger partial charge in [-0.1, -0.05) is 11.6 Å². The molecule has 88 valence electrons. The van der Waals surface area contributed by atoms with Crippen LogP contribution in [-0.4, -0.2) is 15.1 Å². The molecule has 0 amide bonds. The number of hydrogen-bond donors (Lipinski definition) is 1. The summed E-state index contributed by atoms with van der Waals surface area (Å²) in [5, 5.41) is 18.3. The maximum absolute atomic E-state index is 10.7. The second-order valence-corrected chi connectivity index (χ2v) is 3.60. The van der Waals surface area contributed by atoms with Crippen LogP contribution in [0.25, 0.3) is 11.5 Å². The number of nitro groups is 1. The Bertz CT molecular complexity index is 569. The van der Waals surface area contributed by atoms with Gasteiger partial charge in [-0.15, -0.1) is 10.2 Å². The third kappa shape index (κ3) is 2.40. The quantitative estimate of drug-likeness (QED) is 0.660. The molecule has 7 nitrogen and oxygen atoms in total. The molecule has 0 unspecified atom stereocenters. The first-order valence-corrected chi connectivity index (χ1v) is 4.96. The van der Waals surface area contributed by atoms with E-state index >= 15 is 0 Å². The van der Waals surface area contributed by atoms with Crippen LogP contribution in [-0.2, 0) is 6.54 Å². The first kappa shape index (κ1) is 11.5. The van der Waals surface area contributed by atoms with Crippen molar-refractivity contribution in [3.8, 4) is 11.5 Å². The van der Waals surface area contributed by atoms with Gasteiger partial charge in [0.1, 0.15) is 0 Å². The molecular weight excluding hydrogens is 248 g/mol. The Kier molecular flexibility index (Phi) is 3.03. The summed E-state index contributed by atoms with van der Waals surface area (Å²) in [4.78, 5) is 10.1. The molecule has 0 bridgehead atoms. The summed E-state index contributed by atoms with van der Waals surface area (Å²) in [6, 6.07) is 4.05. The average molecular weight is 255 g/mol. The van der Waals surface area contributed by atoms with Crippen molar-refractivity contribution in [2.75, 3.05) is 0 Å². The largest absolute Gasteiger partial charge is 0.419 e. The Hall–Kier alpha value is -1.99. The zero-order valence-electron chi connectivity index (χ0n) is 8.46. The molecule has 0 aliphatic rings. The lowest BCUT2D eigenvalue weighted by atomic mass is 10.2. The predicted octanol–water partition coefficient (Wildman–Crippen LogP) is 1.76. The van der Waals surface area contributed by atoms with Gasteiger partial charge in [0.25, 0.3) is 5.69 Å². The van der Waals surface area contributed by atoms with Crippen LogP contribution in [0.2, 0.25) is 5.02 Å². The van der Waals surface area contributed by atoms with Crippen molar-refractivity contribution in [1.29, 1.82) is 0 Å². The minimum atomic E-state index is -0.546. The summed E-state index contributed by atoms with van der Waals surface area (Å²) in [5.41, 5.74) is 5.57. The van der Waals surface area contributed by atoms with Gasteiger partial charge in [-0.05, 0) is 6.07 Å². The number of rotatable bonds is 3. The van der Waals surface area contributed by atoms with Crippen molar-refractivity contribution < 1.29 is 9.34 Å². The van der Waals surface area contributed by atoms with E-state index in [1.807, 2.05) is 0 Å². The number of non-ortho nitro benzene ring substituents is 1. The van der Waals surface area contributed by atoms with Gasteiger partial charge >= 0.3 is 0 Å². The topological polar surface area (TPSA) is 108 Å². The van der Waals surface area contributed by atoms with Crippen molar-refractivity contribution in [2.45, 2.75) is 6.54 Å². The Balaban J connectivity index is 2.47. The molecule has 2 aromatic rings. The van der Waals surface area contributed by atoms with Crippen LogP contribution in [0.3, 0.4) is 0 Å². The molecule has 0 radical (unpaired) electrons. The number of aromatic nitrogens is 2. The maximum Gasteiger partial charge on any atom is 0.271 e. The van der Waals surface area contributed by atoms with Gasteiger partial charge in [-0.3, -0.25) is 10.1 Å². The van der Waals surface area contributed by atoms with E-state index in [9.17, 15) is 10.1 Å². The third-order valence-electron chi connectivity index (χ3n) is 1.98. The number of nitrogens with two attached hydrogens (primary N) is 1. The van der Waals surface area contributed by atoms with Crippen LogP contribution in [0.15, 0.2) is 22.6 Å². The van der Waals surface area contributed by atoms with Crippen molar-refractivity contribution in [2.24, 2.45) is 5.73 Å². The normalized spacial score (nSPS) is 10.5. The van der Waals surface area contributed by atoms with Crippen LogP contribution < -0.4 is 5.73 Å². The molecule has 0 spiro atoms. The molecular formula is C9H7ClN4O3. The fraction of sp³-hybridized carbons (Fsp3) is 0.111. The maximum atomic E-state index is 10.7. The SMILES string of the molecule is NCc1nnc(-c2cc(Cl)cc([N+](=O)[O-])c2)o1. The van der Waals surface area contributed by atoms with Crippen molar-refractivity contribution in [1.82, 2.24) is 10.2 Å². The highest BCUT2D eigenvalue weighted by atomic mass is 35.5. The molecule has 0 saturated heterocycles. The van der Waals surface area contributed by atoms with E-state index in [4.69, 9.17) is 21.8 Å². The molecule has 8 heteroatoms. The van der Waals surface area contributed by atoms with Gasteiger partial charge < -0.3 is 10.2 Å². The van der Waals surface area contributed by atoms with Crippen LogP contribution in [0, 0.1) is 10.1 Å². The van der Waals surface area contributed by atoms with E-state index in [0.29, 0.717) is 5.56 Å². The summed E-state index contributed by atoms with van der Waals surface area (Å²) >= 11 is 5.77. The first-order valence-electron chi connectivity index (χ1n) is 4.58. The molecule has 1 aromatic carbocycles. The Morgan fingerprint density at radius 3 is 2.76 bits per heavy atom. The van der Waals surface area contributed by atoms with E-state index < -0.39 is 4.92 Å². The van der Waals surface area contributed by atoms with E-state index in [0.717, 1.165) is 0 Å². The zero-order chi connectivity index (χ0) is 12.4. The van der Waals surface area contributed by atoms with Gasteiger partial charge in [0, 0.05) is 22.7 Å². The lowest BCUT2D eigenvalue weighted by molar-refractivity contribution is -0.384. The molecule has 2 N–H and O–H groups in total. The lowest BCUT2D eigenvalue weighted by Gasteiger charge is -1.97. The molecule has 1 aromatic heterocycles. The predicted molar refractivity (Wildman–Crippen MR) is 59.3 cm³/mol. The van der Waals surface area contributed by atoms with Gasteiger partial charge in [0.15, 0.2) is 0 Å². The van der Waals surface area contributed by atoms with Crippen molar-refractivity contribution in [3.05, 3.63) is 39.2 Å². The molecule has 0 aliphatic carbocycles. The average Bonchev–Trinajstić information content (AvgIpc) is 2.76. The molecule has 2 rings (SSSR count). The van der Waals surface area contributed by atoms with Gasteiger partial charge in [0.2, 0.25) is 11.8 Å². The van der Waals surface area contributed by atoms with Gasteiger partial charge in [0.05, 0.1) is 11.5 Å². The summed E-state index contributed by atoms with van der Waals surface area (Å²) in [6.45, 7) is 0.107. The number of nitro benzene ring substituents is 1. The summed E-state index contributed by atoms with van der Waals surface area (Å²) in [7, 11) is 0. The van der Waals surface area contributed by atoms with Gasteiger partial charge in [-0.25, -0.2) is 0 Å². The molecule has 0 atom stereocenters. The second-order valence-electron chi connectivity index (χ2n) is 3.16. The van der Waals surface area contributed by atoms with E-state index in [1.54, 1.807) is 0 Å². The Labute approximate surface area is 100 Å². The fourth-order valence-corrected chi connectivity index (χ4v) is 1.49.